The predicted molar refractivity (Wildman–Crippen MR) is 61.4 cm³/mol. The highest BCUT2D eigenvalue weighted by Gasteiger charge is 2.35. The van der Waals surface area contributed by atoms with Gasteiger partial charge < -0.3 is 5.32 Å². The average Bonchev–Trinajstić information content (AvgIpc) is 2.24. The molecule has 1 aliphatic carbocycles. The van der Waals surface area contributed by atoms with Crippen LogP contribution in [0.4, 0.5) is 0 Å². The Morgan fingerprint density at radius 2 is 1.71 bits per heavy atom. The van der Waals surface area contributed by atoms with Gasteiger partial charge in [-0.15, -0.1) is 0 Å². The number of hydrogen-bond donors (Lipinski definition) is 1. The second-order valence-electron chi connectivity index (χ2n) is 5.48. The van der Waals surface area contributed by atoms with E-state index < -0.39 is 0 Å². The summed E-state index contributed by atoms with van der Waals surface area (Å²) in [6, 6.07) is 0. The molecule has 1 heterocycles. The average molecular weight is 195 g/mol. The standard InChI is InChI=1S/C13H25N/c1-2-3-12-4-6-13(7-5-12)8-10-14-11-9-13/h12,14H,2-11H2,1H3. The second kappa shape index (κ2) is 4.65. The maximum Gasteiger partial charge on any atom is -0.00436 e. The zero-order chi connectivity index (χ0) is 9.86. The van der Waals surface area contributed by atoms with E-state index in [1.54, 1.807) is 0 Å². The molecule has 1 saturated heterocycles. The van der Waals surface area contributed by atoms with Crippen molar-refractivity contribution in [2.75, 3.05) is 13.1 Å². The van der Waals surface area contributed by atoms with E-state index >= 15 is 0 Å². The van der Waals surface area contributed by atoms with E-state index in [0.717, 1.165) is 11.3 Å². The molecular formula is C13H25N. The Balaban J connectivity index is 1.81. The molecule has 0 unspecified atom stereocenters. The molecule has 0 atom stereocenters. The van der Waals surface area contributed by atoms with Gasteiger partial charge in [0.15, 0.2) is 0 Å². The van der Waals surface area contributed by atoms with Gasteiger partial charge in [0.05, 0.1) is 0 Å². The van der Waals surface area contributed by atoms with E-state index in [-0.39, 0.29) is 0 Å². The molecule has 0 aromatic heterocycles. The molecule has 2 fully saturated rings. The van der Waals surface area contributed by atoms with Crippen LogP contribution in [-0.2, 0) is 0 Å². The summed E-state index contributed by atoms with van der Waals surface area (Å²) in [5, 5.41) is 3.49. The van der Waals surface area contributed by atoms with E-state index in [1.165, 1.54) is 64.5 Å². The summed E-state index contributed by atoms with van der Waals surface area (Å²) >= 11 is 0. The van der Waals surface area contributed by atoms with Crippen LogP contribution in [0.15, 0.2) is 0 Å². The van der Waals surface area contributed by atoms with Crippen LogP contribution in [0.1, 0.15) is 58.3 Å². The van der Waals surface area contributed by atoms with Crippen LogP contribution in [0.3, 0.4) is 0 Å². The Kier molecular flexibility index (Phi) is 3.48. The molecule has 1 heteroatoms. The van der Waals surface area contributed by atoms with Gasteiger partial charge in [-0.25, -0.2) is 0 Å². The maximum atomic E-state index is 3.49. The van der Waals surface area contributed by atoms with Gasteiger partial charge in [-0.3, -0.25) is 0 Å². The van der Waals surface area contributed by atoms with Crippen molar-refractivity contribution in [1.29, 1.82) is 0 Å². The van der Waals surface area contributed by atoms with Gasteiger partial charge in [-0.05, 0) is 62.9 Å². The minimum atomic E-state index is 0.773. The van der Waals surface area contributed by atoms with Crippen LogP contribution in [0.2, 0.25) is 0 Å². The molecule has 0 aromatic carbocycles. The van der Waals surface area contributed by atoms with Crippen molar-refractivity contribution >= 4 is 0 Å². The normalized spacial score (nSPS) is 28.1. The highest BCUT2D eigenvalue weighted by molar-refractivity contribution is 4.89. The largest absolute Gasteiger partial charge is 0.317 e. The topological polar surface area (TPSA) is 12.0 Å². The fourth-order valence-corrected chi connectivity index (χ4v) is 3.44. The maximum absolute atomic E-state index is 3.49. The second-order valence-corrected chi connectivity index (χ2v) is 5.48. The van der Waals surface area contributed by atoms with E-state index in [2.05, 4.69) is 12.2 Å². The van der Waals surface area contributed by atoms with Crippen molar-refractivity contribution in [3.8, 4) is 0 Å². The summed E-state index contributed by atoms with van der Waals surface area (Å²) in [7, 11) is 0. The van der Waals surface area contributed by atoms with Crippen molar-refractivity contribution in [2.24, 2.45) is 11.3 Å². The lowest BCUT2D eigenvalue weighted by Crippen LogP contribution is -2.39. The smallest absolute Gasteiger partial charge is 0.00436 e. The lowest BCUT2D eigenvalue weighted by atomic mass is 9.65. The molecule has 1 aliphatic heterocycles. The summed E-state index contributed by atoms with van der Waals surface area (Å²) in [4.78, 5) is 0. The summed E-state index contributed by atoms with van der Waals surface area (Å²) in [5.74, 6) is 1.07. The predicted octanol–water partition coefficient (Wildman–Crippen LogP) is 3.35. The SMILES string of the molecule is CCCC1CCC2(CCNCC2)CC1. The monoisotopic (exact) mass is 195 g/mol. The van der Waals surface area contributed by atoms with Crippen molar-refractivity contribution in [2.45, 2.75) is 58.3 Å². The zero-order valence-electron chi connectivity index (χ0n) is 9.65. The quantitative estimate of drug-likeness (QED) is 0.712. The highest BCUT2D eigenvalue weighted by atomic mass is 14.9. The molecule has 1 saturated carbocycles. The number of nitrogens with one attached hydrogen (secondary N) is 1. The van der Waals surface area contributed by atoms with Gasteiger partial charge in [0, 0.05) is 0 Å². The van der Waals surface area contributed by atoms with Crippen LogP contribution in [0.25, 0.3) is 0 Å². The van der Waals surface area contributed by atoms with E-state index in [1.807, 2.05) is 0 Å². The molecule has 0 bridgehead atoms. The van der Waals surface area contributed by atoms with Gasteiger partial charge in [0.1, 0.15) is 0 Å². The van der Waals surface area contributed by atoms with Crippen LogP contribution in [-0.4, -0.2) is 13.1 Å². The Morgan fingerprint density at radius 1 is 1.07 bits per heavy atom. The summed E-state index contributed by atoms with van der Waals surface area (Å²) in [6.45, 7) is 4.88. The zero-order valence-corrected chi connectivity index (χ0v) is 9.65. The van der Waals surface area contributed by atoms with Crippen LogP contribution in [0.5, 0.6) is 0 Å². The lowest BCUT2D eigenvalue weighted by molar-refractivity contribution is 0.102. The Labute approximate surface area is 88.7 Å². The minimum absolute atomic E-state index is 0.773. The molecule has 2 aliphatic rings. The first-order valence-corrected chi connectivity index (χ1v) is 6.55. The number of hydrogen-bond acceptors (Lipinski definition) is 1. The van der Waals surface area contributed by atoms with Gasteiger partial charge in [-0.1, -0.05) is 19.8 Å². The van der Waals surface area contributed by atoms with Crippen LogP contribution < -0.4 is 5.32 Å². The van der Waals surface area contributed by atoms with Crippen molar-refractivity contribution in [1.82, 2.24) is 5.32 Å². The van der Waals surface area contributed by atoms with Crippen LogP contribution in [0, 0.1) is 11.3 Å². The molecule has 82 valence electrons. The van der Waals surface area contributed by atoms with Crippen molar-refractivity contribution in [3.05, 3.63) is 0 Å². The van der Waals surface area contributed by atoms with Crippen LogP contribution >= 0.6 is 0 Å². The highest BCUT2D eigenvalue weighted by Crippen LogP contribution is 2.45. The van der Waals surface area contributed by atoms with Gasteiger partial charge >= 0.3 is 0 Å². The lowest BCUT2D eigenvalue weighted by Gasteiger charge is -2.43. The van der Waals surface area contributed by atoms with Gasteiger partial charge in [0.25, 0.3) is 0 Å². The fraction of sp³-hybridized carbons (Fsp3) is 1.00. The molecule has 0 aromatic rings. The third-order valence-corrected chi connectivity index (χ3v) is 4.53. The molecule has 1 nitrogen and oxygen atoms in total. The van der Waals surface area contributed by atoms with Gasteiger partial charge in [-0.2, -0.15) is 0 Å². The molecule has 1 N–H and O–H groups in total. The molecule has 14 heavy (non-hydrogen) atoms. The third kappa shape index (κ3) is 2.31. The molecule has 2 rings (SSSR count). The first-order chi connectivity index (χ1) is 6.85. The fourth-order valence-electron chi connectivity index (χ4n) is 3.44. The Bertz CT molecular complexity index is 160. The summed E-state index contributed by atoms with van der Waals surface area (Å²) in [6.07, 6.45) is 11.9. The van der Waals surface area contributed by atoms with E-state index in [9.17, 15) is 0 Å². The van der Waals surface area contributed by atoms with E-state index in [0.29, 0.717) is 0 Å². The van der Waals surface area contributed by atoms with Crippen molar-refractivity contribution < 1.29 is 0 Å². The molecule has 0 amide bonds. The van der Waals surface area contributed by atoms with Gasteiger partial charge in [0.2, 0.25) is 0 Å². The molecule has 0 radical (unpaired) electrons. The Morgan fingerprint density at radius 3 is 2.29 bits per heavy atom. The molecule has 1 spiro atoms. The van der Waals surface area contributed by atoms with Crippen molar-refractivity contribution in [3.63, 3.8) is 0 Å². The summed E-state index contributed by atoms with van der Waals surface area (Å²) < 4.78 is 0. The first-order valence-electron chi connectivity index (χ1n) is 6.55. The van der Waals surface area contributed by atoms with E-state index in [4.69, 9.17) is 0 Å². The number of rotatable bonds is 2. The summed E-state index contributed by atoms with van der Waals surface area (Å²) in [5.41, 5.74) is 0.773. The third-order valence-electron chi connectivity index (χ3n) is 4.53. The Hall–Kier alpha value is -0.0400. The minimum Gasteiger partial charge on any atom is -0.317 e. The number of piperidine rings is 1. The molecular weight excluding hydrogens is 170 g/mol. The first kappa shape index (κ1) is 10.5.